The second kappa shape index (κ2) is 10.5. The Hall–Kier alpha value is -3.44. The van der Waals surface area contributed by atoms with Gasteiger partial charge in [-0.05, 0) is 41.5 Å². The molecule has 2 atom stereocenters. The van der Waals surface area contributed by atoms with Gasteiger partial charge in [-0.25, -0.2) is 9.18 Å². The highest BCUT2D eigenvalue weighted by atomic mass is 19.4. The van der Waals surface area contributed by atoms with Gasteiger partial charge in [-0.1, -0.05) is 42.5 Å². The van der Waals surface area contributed by atoms with Crippen LogP contribution in [0.2, 0.25) is 0 Å². The molecule has 1 saturated heterocycles. The van der Waals surface area contributed by atoms with Gasteiger partial charge in [-0.15, -0.1) is 0 Å². The van der Waals surface area contributed by atoms with E-state index in [1.165, 1.54) is 24.3 Å². The van der Waals surface area contributed by atoms with Crippen LogP contribution in [-0.4, -0.2) is 30.3 Å². The molecule has 37 heavy (non-hydrogen) atoms. The standard InChI is InChI=1S/C26H20F7NO3/c27-21-8-6-17(7-9-21)22-24(36-11-10-34(22)15-16-4-2-1-3-5-16)37-23(35)18-12-19(25(28,29)30)14-20(13-18)26(31,32)33/h1-9,12-14,22,24H,10-11,15H2/t22-,24+/m1/s1. The number of alkyl halides is 6. The van der Waals surface area contributed by atoms with Crippen molar-refractivity contribution in [1.29, 1.82) is 0 Å². The first kappa shape index (κ1) is 26.6. The third-order valence-electron chi connectivity index (χ3n) is 5.80. The van der Waals surface area contributed by atoms with Crippen LogP contribution in [0.15, 0.2) is 72.8 Å². The Bertz CT molecular complexity index is 1200. The Morgan fingerprint density at radius 1 is 0.892 bits per heavy atom. The molecule has 1 fully saturated rings. The normalized spacial score (nSPS) is 19.0. The largest absolute Gasteiger partial charge is 0.430 e. The summed E-state index contributed by atoms with van der Waals surface area (Å²) in [6.07, 6.45) is -11.6. The maximum absolute atomic E-state index is 13.6. The van der Waals surface area contributed by atoms with Crippen LogP contribution in [0.25, 0.3) is 0 Å². The van der Waals surface area contributed by atoms with Crippen molar-refractivity contribution in [2.24, 2.45) is 0 Å². The third kappa shape index (κ3) is 6.47. The lowest BCUT2D eigenvalue weighted by Gasteiger charge is -2.40. The molecule has 1 aliphatic rings. The molecule has 0 unspecified atom stereocenters. The molecule has 0 aliphatic carbocycles. The number of carbonyl (C=O) groups is 1. The molecule has 0 N–H and O–H groups in total. The quantitative estimate of drug-likeness (QED) is 0.276. The lowest BCUT2D eigenvalue weighted by Crippen LogP contribution is -2.46. The molecule has 3 aromatic rings. The average molecular weight is 527 g/mol. The fourth-order valence-electron chi connectivity index (χ4n) is 4.06. The fourth-order valence-corrected chi connectivity index (χ4v) is 4.06. The van der Waals surface area contributed by atoms with Crippen LogP contribution in [0, 0.1) is 5.82 Å². The highest BCUT2D eigenvalue weighted by Gasteiger charge is 2.40. The summed E-state index contributed by atoms with van der Waals surface area (Å²) < 4.78 is 104. The molecule has 4 nitrogen and oxygen atoms in total. The first-order valence-corrected chi connectivity index (χ1v) is 11.1. The SMILES string of the molecule is O=C(O[C@@H]1OCCN(Cc2ccccc2)[C@@H]1c1ccc(F)cc1)c1cc(C(F)(F)F)cc(C(F)(F)F)c1. The van der Waals surface area contributed by atoms with Crippen LogP contribution in [-0.2, 0) is 28.4 Å². The van der Waals surface area contributed by atoms with Crippen molar-refractivity contribution >= 4 is 5.97 Å². The summed E-state index contributed by atoms with van der Waals surface area (Å²) >= 11 is 0. The zero-order valence-corrected chi connectivity index (χ0v) is 19.0. The number of esters is 1. The summed E-state index contributed by atoms with van der Waals surface area (Å²) in [4.78, 5) is 14.7. The van der Waals surface area contributed by atoms with E-state index in [1.54, 1.807) is 0 Å². The molecule has 1 heterocycles. The zero-order valence-electron chi connectivity index (χ0n) is 19.0. The van der Waals surface area contributed by atoms with Crippen molar-refractivity contribution in [2.45, 2.75) is 31.2 Å². The van der Waals surface area contributed by atoms with E-state index in [0.29, 0.717) is 30.8 Å². The summed E-state index contributed by atoms with van der Waals surface area (Å²) in [5.74, 6) is -1.94. The van der Waals surface area contributed by atoms with E-state index in [1.807, 2.05) is 35.2 Å². The second-order valence-corrected chi connectivity index (χ2v) is 8.39. The van der Waals surface area contributed by atoms with E-state index < -0.39 is 53.2 Å². The minimum absolute atomic E-state index is 0.0683. The lowest BCUT2D eigenvalue weighted by molar-refractivity contribution is -0.186. The fraction of sp³-hybridized carbons (Fsp3) is 0.269. The summed E-state index contributed by atoms with van der Waals surface area (Å²) in [5.41, 5.74) is -2.83. The van der Waals surface area contributed by atoms with Gasteiger partial charge < -0.3 is 9.47 Å². The van der Waals surface area contributed by atoms with Gasteiger partial charge >= 0.3 is 18.3 Å². The highest BCUT2D eigenvalue weighted by molar-refractivity contribution is 5.90. The van der Waals surface area contributed by atoms with Gasteiger partial charge in [0.2, 0.25) is 6.29 Å². The Morgan fingerprint density at radius 3 is 2.05 bits per heavy atom. The van der Waals surface area contributed by atoms with Gasteiger partial charge in [0.25, 0.3) is 0 Å². The van der Waals surface area contributed by atoms with E-state index in [2.05, 4.69) is 0 Å². The molecule has 1 aliphatic heterocycles. The summed E-state index contributed by atoms with van der Waals surface area (Å²) in [6.45, 7) is 0.799. The number of rotatable bonds is 5. The molecule has 0 bridgehead atoms. The van der Waals surface area contributed by atoms with Crippen LogP contribution >= 0.6 is 0 Å². The van der Waals surface area contributed by atoms with Crippen LogP contribution in [0.3, 0.4) is 0 Å². The number of hydrogen-bond acceptors (Lipinski definition) is 4. The maximum Gasteiger partial charge on any atom is 0.416 e. The number of ether oxygens (including phenoxy) is 2. The number of halogens is 7. The van der Waals surface area contributed by atoms with Crippen molar-refractivity contribution in [2.75, 3.05) is 13.2 Å². The average Bonchev–Trinajstić information content (AvgIpc) is 2.84. The number of carbonyl (C=O) groups excluding carboxylic acids is 1. The lowest BCUT2D eigenvalue weighted by atomic mass is 10.0. The number of hydrogen-bond donors (Lipinski definition) is 0. The molecule has 11 heteroatoms. The Labute approximate surface area is 207 Å². The van der Waals surface area contributed by atoms with Crippen molar-refractivity contribution in [3.63, 3.8) is 0 Å². The number of nitrogens with zero attached hydrogens (tertiary/aromatic N) is 1. The topological polar surface area (TPSA) is 38.8 Å². The monoisotopic (exact) mass is 527 g/mol. The van der Waals surface area contributed by atoms with E-state index in [-0.39, 0.29) is 12.7 Å². The van der Waals surface area contributed by atoms with Crippen LogP contribution in [0.5, 0.6) is 0 Å². The predicted molar refractivity (Wildman–Crippen MR) is 118 cm³/mol. The molecule has 0 amide bonds. The zero-order chi connectivity index (χ0) is 26.8. The first-order valence-electron chi connectivity index (χ1n) is 11.1. The predicted octanol–water partition coefficient (Wildman–Crippen LogP) is 6.62. The van der Waals surface area contributed by atoms with Crippen molar-refractivity contribution in [3.05, 3.63) is 106 Å². The van der Waals surface area contributed by atoms with E-state index in [0.717, 1.165) is 5.56 Å². The van der Waals surface area contributed by atoms with Gasteiger partial charge in [0.15, 0.2) is 0 Å². The molecular weight excluding hydrogens is 507 g/mol. The second-order valence-electron chi connectivity index (χ2n) is 8.39. The van der Waals surface area contributed by atoms with Crippen molar-refractivity contribution in [1.82, 2.24) is 4.90 Å². The van der Waals surface area contributed by atoms with E-state index in [9.17, 15) is 35.5 Å². The summed E-state index contributed by atoms with van der Waals surface area (Å²) in [5, 5.41) is 0. The van der Waals surface area contributed by atoms with Crippen molar-refractivity contribution < 1.29 is 45.0 Å². The maximum atomic E-state index is 13.6. The van der Waals surface area contributed by atoms with Crippen molar-refractivity contribution in [3.8, 4) is 0 Å². The minimum atomic E-state index is -5.12. The Morgan fingerprint density at radius 2 is 1.49 bits per heavy atom. The molecule has 0 radical (unpaired) electrons. The minimum Gasteiger partial charge on any atom is -0.430 e. The smallest absolute Gasteiger partial charge is 0.416 e. The summed E-state index contributed by atoms with van der Waals surface area (Å²) in [7, 11) is 0. The highest BCUT2D eigenvalue weighted by Crippen LogP contribution is 2.37. The number of morpholine rings is 1. The molecule has 4 rings (SSSR count). The first-order chi connectivity index (χ1) is 17.4. The van der Waals surface area contributed by atoms with Gasteiger partial charge in [0.1, 0.15) is 5.82 Å². The van der Waals surface area contributed by atoms with Crippen LogP contribution in [0.1, 0.15) is 38.7 Å². The van der Waals surface area contributed by atoms with Crippen LogP contribution < -0.4 is 0 Å². The van der Waals surface area contributed by atoms with Gasteiger partial charge in [0, 0.05) is 13.1 Å². The van der Waals surface area contributed by atoms with Gasteiger partial charge in [-0.2, -0.15) is 26.3 Å². The Balaban J connectivity index is 1.67. The third-order valence-corrected chi connectivity index (χ3v) is 5.80. The molecule has 0 saturated carbocycles. The number of benzene rings is 3. The molecule has 3 aromatic carbocycles. The molecule has 0 aromatic heterocycles. The molecule has 0 spiro atoms. The van der Waals surface area contributed by atoms with E-state index >= 15 is 0 Å². The van der Waals surface area contributed by atoms with Gasteiger partial charge in [-0.3, -0.25) is 4.90 Å². The molecule has 196 valence electrons. The van der Waals surface area contributed by atoms with Gasteiger partial charge in [0.05, 0.1) is 29.3 Å². The van der Waals surface area contributed by atoms with E-state index in [4.69, 9.17) is 9.47 Å². The summed E-state index contributed by atoms with van der Waals surface area (Å²) in [6, 6.07) is 14.2. The van der Waals surface area contributed by atoms with Crippen LogP contribution in [0.4, 0.5) is 30.7 Å². The molecular formula is C26H20F7NO3. The Kier molecular flexibility index (Phi) is 7.56.